The first kappa shape index (κ1) is 20.4. The fourth-order valence-corrected chi connectivity index (χ4v) is 3.08. The summed E-state index contributed by atoms with van der Waals surface area (Å²) >= 11 is 0. The first-order valence-electron chi connectivity index (χ1n) is 8.12. The number of aromatic hydroxyl groups is 1. The maximum atomic E-state index is 12.6. The van der Waals surface area contributed by atoms with Gasteiger partial charge < -0.3 is 10.4 Å². The average Bonchev–Trinajstić information content (AvgIpc) is 2.54. The predicted octanol–water partition coefficient (Wildman–Crippen LogP) is 3.13. The summed E-state index contributed by atoms with van der Waals surface area (Å²) in [7, 11) is -3.48. The maximum absolute atomic E-state index is 12.6. The van der Waals surface area contributed by atoms with Gasteiger partial charge in [-0.1, -0.05) is 26.8 Å². The Labute approximate surface area is 158 Å². The zero-order chi connectivity index (χ0) is 20.4. The highest BCUT2D eigenvalue weighted by atomic mass is 32.2. The number of rotatable bonds is 5. The SMILES string of the molecule is CC(C)(C)c1cc(C=O)cc(NC(=O)c2cccc(NS(C)(=O)=O)c2)c1O. The summed E-state index contributed by atoms with van der Waals surface area (Å²) < 4.78 is 25.0. The second-order valence-electron chi connectivity index (χ2n) is 7.24. The number of amides is 1. The maximum Gasteiger partial charge on any atom is 0.255 e. The molecule has 0 saturated heterocycles. The molecule has 144 valence electrons. The Kier molecular flexibility index (Phi) is 5.60. The molecule has 0 aliphatic heterocycles. The van der Waals surface area contributed by atoms with E-state index in [1.54, 1.807) is 6.07 Å². The van der Waals surface area contributed by atoms with E-state index in [-0.39, 0.29) is 22.7 Å². The van der Waals surface area contributed by atoms with Gasteiger partial charge in [0.25, 0.3) is 5.91 Å². The van der Waals surface area contributed by atoms with Crippen molar-refractivity contribution in [2.45, 2.75) is 26.2 Å². The van der Waals surface area contributed by atoms with Crippen LogP contribution in [0.15, 0.2) is 36.4 Å². The minimum absolute atomic E-state index is 0.107. The van der Waals surface area contributed by atoms with Gasteiger partial charge in [0.1, 0.15) is 12.0 Å². The van der Waals surface area contributed by atoms with Gasteiger partial charge in [-0.3, -0.25) is 14.3 Å². The summed E-state index contributed by atoms with van der Waals surface area (Å²) in [6, 6.07) is 8.89. The third kappa shape index (κ3) is 5.30. The molecular weight excluding hydrogens is 368 g/mol. The molecule has 0 saturated carbocycles. The number of nitrogens with one attached hydrogen (secondary N) is 2. The molecule has 7 nitrogen and oxygen atoms in total. The highest BCUT2D eigenvalue weighted by Crippen LogP contribution is 2.37. The van der Waals surface area contributed by atoms with E-state index in [1.807, 2.05) is 20.8 Å². The van der Waals surface area contributed by atoms with Crippen molar-refractivity contribution in [2.24, 2.45) is 0 Å². The number of benzene rings is 2. The molecule has 27 heavy (non-hydrogen) atoms. The topological polar surface area (TPSA) is 113 Å². The molecule has 0 aliphatic rings. The minimum atomic E-state index is -3.48. The Morgan fingerprint density at radius 2 is 1.81 bits per heavy atom. The number of anilines is 2. The molecule has 3 N–H and O–H groups in total. The zero-order valence-electron chi connectivity index (χ0n) is 15.5. The van der Waals surface area contributed by atoms with Gasteiger partial charge in [-0.15, -0.1) is 0 Å². The number of sulfonamides is 1. The van der Waals surface area contributed by atoms with Crippen LogP contribution in [0.5, 0.6) is 5.75 Å². The number of hydrogen-bond donors (Lipinski definition) is 3. The van der Waals surface area contributed by atoms with Crippen molar-refractivity contribution in [3.05, 3.63) is 53.1 Å². The van der Waals surface area contributed by atoms with Gasteiger partial charge in [0.2, 0.25) is 10.0 Å². The van der Waals surface area contributed by atoms with Crippen LogP contribution >= 0.6 is 0 Å². The van der Waals surface area contributed by atoms with Gasteiger partial charge in [-0.25, -0.2) is 8.42 Å². The molecule has 0 heterocycles. The van der Waals surface area contributed by atoms with Crippen LogP contribution < -0.4 is 10.0 Å². The van der Waals surface area contributed by atoms with Crippen molar-refractivity contribution in [3.8, 4) is 5.75 Å². The molecule has 0 atom stereocenters. The molecule has 0 aromatic heterocycles. The molecule has 0 radical (unpaired) electrons. The molecule has 0 aliphatic carbocycles. The summed E-state index contributed by atoms with van der Waals surface area (Å²) in [6.07, 6.45) is 1.65. The van der Waals surface area contributed by atoms with E-state index in [2.05, 4.69) is 10.0 Å². The lowest BCUT2D eigenvalue weighted by Crippen LogP contribution is -2.16. The zero-order valence-corrected chi connectivity index (χ0v) is 16.3. The molecule has 0 bridgehead atoms. The Morgan fingerprint density at radius 3 is 2.37 bits per heavy atom. The van der Waals surface area contributed by atoms with Gasteiger partial charge in [-0.05, 0) is 35.7 Å². The first-order valence-corrected chi connectivity index (χ1v) is 10.0. The van der Waals surface area contributed by atoms with Gasteiger partial charge in [0.05, 0.1) is 11.9 Å². The van der Waals surface area contributed by atoms with Gasteiger partial charge in [-0.2, -0.15) is 0 Å². The van der Waals surface area contributed by atoms with Crippen LogP contribution in [-0.2, 0) is 15.4 Å². The van der Waals surface area contributed by atoms with Crippen molar-refractivity contribution in [1.82, 2.24) is 0 Å². The van der Waals surface area contributed by atoms with Crippen molar-refractivity contribution in [1.29, 1.82) is 0 Å². The summed E-state index contributed by atoms with van der Waals surface area (Å²) in [5.41, 5.74) is 0.941. The predicted molar refractivity (Wildman–Crippen MR) is 105 cm³/mol. The molecule has 0 spiro atoms. The third-order valence-electron chi connectivity index (χ3n) is 3.75. The van der Waals surface area contributed by atoms with Crippen molar-refractivity contribution in [2.75, 3.05) is 16.3 Å². The highest BCUT2D eigenvalue weighted by Gasteiger charge is 2.22. The van der Waals surface area contributed by atoms with E-state index in [0.29, 0.717) is 17.4 Å². The summed E-state index contributed by atoms with van der Waals surface area (Å²) in [4.78, 5) is 23.8. The summed E-state index contributed by atoms with van der Waals surface area (Å²) in [5, 5.41) is 13.1. The first-order chi connectivity index (χ1) is 12.4. The van der Waals surface area contributed by atoms with Crippen LogP contribution in [0.25, 0.3) is 0 Å². The number of aldehydes is 1. The molecule has 2 rings (SSSR count). The van der Waals surface area contributed by atoms with Crippen LogP contribution in [-0.4, -0.2) is 32.0 Å². The summed E-state index contributed by atoms with van der Waals surface area (Å²) in [6.45, 7) is 5.63. The van der Waals surface area contributed by atoms with Gasteiger partial charge in [0, 0.05) is 22.4 Å². The Hall–Kier alpha value is -2.87. The molecule has 0 unspecified atom stereocenters. The number of phenolic OH excluding ortho intramolecular Hbond substituents is 1. The fraction of sp³-hybridized carbons (Fsp3) is 0.263. The molecule has 1 amide bonds. The lowest BCUT2D eigenvalue weighted by Gasteiger charge is -2.22. The fourth-order valence-electron chi connectivity index (χ4n) is 2.52. The second-order valence-corrected chi connectivity index (χ2v) is 8.99. The molecule has 2 aromatic carbocycles. The highest BCUT2D eigenvalue weighted by molar-refractivity contribution is 7.92. The van der Waals surface area contributed by atoms with E-state index in [4.69, 9.17) is 0 Å². The largest absolute Gasteiger partial charge is 0.505 e. The third-order valence-corrected chi connectivity index (χ3v) is 4.36. The smallest absolute Gasteiger partial charge is 0.255 e. The number of hydrogen-bond acceptors (Lipinski definition) is 5. The lowest BCUT2D eigenvalue weighted by atomic mass is 9.85. The second kappa shape index (κ2) is 7.40. The van der Waals surface area contributed by atoms with Crippen LogP contribution in [0, 0.1) is 0 Å². The summed E-state index contributed by atoms with van der Waals surface area (Å²) in [5.74, 6) is -0.669. The van der Waals surface area contributed by atoms with E-state index in [0.717, 1.165) is 6.26 Å². The van der Waals surface area contributed by atoms with Crippen LogP contribution in [0.3, 0.4) is 0 Å². The lowest BCUT2D eigenvalue weighted by molar-refractivity contribution is 0.102. The molecular formula is C19H22N2O5S. The Morgan fingerprint density at radius 1 is 1.15 bits per heavy atom. The van der Waals surface area contributed by atoms with Crippen molar-refractivity contribution in [3.63, 3.8) is 0 Å². The monoisotopic (exact) mass is 390 g/mol. The van der Waals surface area contributed by atoms with E-state index in [1.165, 1.54) is 30.3 Å². The Bertz CT molecular complexity index is 992. The number of phenols is 1. The number of carbonyl (C=O) groups is 2. The average molecular weight is 390 g/mol. The van der Waals surface area contributed by atoms with E-state index < -0.39 is 21.3 Å². The van der Waals surface area contributed by atoms with Crippen molar-refractivity contribution < 1.29 is 23.1 Å². The standard InChI is InChI=1S/C19H22N2O5S/c1-19(2,3)15-8-12(11-22)9-16(17(15)23)20-18(24)13-6-5-7-14(10-13)21-27(4,25)26/h5-11,21,23H,1-4H3,(H,20,24). The number of carbonyl (C=O) groups excluding carboxylic acids is 2. The van der Waals surface area contributed by atoms with Gasteiger partial charge in [0.15, 0.2) is 0 Å². The van der Waals surface area contributed by atoms with Crippen LogP contribution in [0.2, 0.25) is 0 Å². The van der Waals surface area contributed by atoms with E-state index in [9.17, 15) is 23.1 Å². The minimum Gasteiger partial charge on any atom is -0.505 e. The molecule has 2 aromatic rings. The van der Waals surface area contributed by atoms with Gasteiger partial charge >= 0.3 is 0 Å². The molecule has 8 heteroatoms. The Balaban J connectivity index is 2.38. The molecule has 0 fully saturated rings. The van der Waals surface area contributed by atoms with Crippen molar-refractivity contribution >= 4 is 33.6 Å². The van der Waals surface area contributed by atoms with Crippen LogP contribution in [0.1, 0.15) is 47.1 Å². The normalized spacial score (nSPS) is 11.7. The quantitative estimate of drug-likeness (QED) is 0.536. The van der Waals surface area contributed by atoms with Crippen LogP contribution in [0.4, 0.5) is 11.4 Å². The van der Waals surface area contributed by atoms with E-state index >= 15 is 0 Å².